The first-order valence-corrected chi connectivity index (χ1v) is 22.2. The van der Waals surface area contributed by atoms with E-state index in [1.807, 2.05) is 0 Å². The van der Waals surface area contributed by atoms with Crippen LogP contribution in [0.5, 0.6) is 0 Å². The van der Waals surface area contributed by atoms with Crippen LogP contribution in [0.25, 0.3) is 0 Å². The number of carbonyl (C=O) groups is 1. The third-order valence-corrected chi connectivity index (χ3v) is 11.0. The van der Waals surface area contributed by atoms with Crippen molar-refractivity contribution < 1.29 is 39.8 Å². The summed E-state index contributed by atoms with van der Waals surface area (Å²) in [5.41, 5.74) is 0. The normalized spacial score (nSPS) is 21.7. The second-order valence-electron chi connectivity index (χ2n) is 15.9. The van der Waals surface area contributed by atoms with Gasteiger partial charge in [-0.15, -0.1) is 0 Å². The molecule has 0 bridgehead atoms. The summed E-state index contributed by atoms with van der Waals surface area (Å²) in [6.07, 6.45) is 29.6. The summed E-state index contributed by atoms with van der Waals surface area (Å²) in [5, 5.41) is 54.2. The van der Waals surface area contributed by atoms with Crippen LogP contribution in [0.4, 0.5) is 0 Å². The van der Waals surface area contributed by atoms with Gasteiger partial charge in [-0.2, -0.15) is 0 Å². The highest BCUT2D eigenvalue weighted by atomic mass is 16.7. The minimum atomic E-state index is -1.55. The highest BCUT2D eigenvalue weighted by Crippen LogP contribution is 2.23. The zero-order valence-corrected chi connectivity index (χ0v) is 33.8. The number of aliphatic hydroxyl groups excluding tert-OH is 5. The average Bonchev–Trinajstić information content (AvgIpc) is 3.14. The van der Waals surface area contributed by atoms with Gasteiger partial charge in [0, 0.05) is 6.42 Å². The molecule has 1 rings (SSSR count). The quantitative estimate of drug-likeness (QED) is 0.0346. The van der Waals surface area contributed by atoms with Crippen LogP contribution >= 0.6 is 0 Å². The standard InChI is InChI=1S/C43H85NO8/c1-3-5-7-9-11-13-15-17-18-19-20-21-23-25-27-29-31-33-39(47)44-36(35-51-43-42(50)41(49)40(48)38(34-45)52-43)37(46)32-30-28-26-24-22-16-14-12-10-8-6-4-2/h36-38,40-43,45-46,48-50H,3-35H2,1-2H3,(H,44,47)/t36-,37+,38-,40-,41?,42?,43-/m0/s1. The molecule has 6 N–H and O–H groups in total. The van der Waals surface area contributed by atoms with E-state index in [0.29, 0.717) is 12.8 Å². The second-order valence-corrected chi connectivity index (χ2v) is 15.9. The fraction of sp³-hybridized carbons (Fsp3) is 0.977. The molecule has 1 heterocycles. The van der Waals surface area contributed by atoms with E-state index in [9.17, 15) is 30.3 Å². The van der Waals surface area contributed by atoms with Crippen LogP contribution < -0.4 is 5.32 Å². The maximum Gasteiger partial charge on any atom is 0.220 e. The van der Waals surface area contributed by atoms with Gasteiger partial charge in [0.1, 0.15) is 24.4 Å². The molecule has 9 nitrogen and oxygen atoms in total. The van der Waals surface area contributed by atoms with E-state index in [0.717, 1.165) is 38.5 Å². The van der Waals surface area contributed by atoms with Crippen LogP contribution in [0.2, 0.25) is 0 Å². The summed E-state index contributed by atoms with van der Waals surface area (Å²) in [7, 11) is 0. The topological polar surface area (TPSA) is 149 Å². The van der Waals surface area contributed by atoms with Crippen LogP contribution in [0.15, 0.2) is 0 Å². The molecule has 2 unspecified atom stereocenters. The van der Waals surface area contributed by atoms with Crippen LogP contribution in [0, 0.1) is 0 Å². The number of ether oxygens (including phenoxy) is 2. The van der Waals surface area contributed by atoms with Crippen molar-refractivity contribution in [3.63, 3.8) is 0 Å². The molecule has 52 heavy (non-hydrogen) atoms. The Morgan fingerprint density at radius 2 is 0.962 bits per heavy atom. The van der Waals surface area contributed by atoms with Crippen molar-refractivity contribution in [3.05, 3.63) is 0 Å². The minimum Gasteiger partial charge on any atom is -0.394 e. The lowest BCUT2D eigenvalue weighted by Crippen LogP contribution is -2.60. The molecule has 310 valence electrons. The molecule has 1 aliphatic rings. The maximum atomic E-state index is 12.9. The molecule has 1 fully saturated rings. The van der Waals surface area contributed by atoms with Crippen molar-refractivity contribution >= 4 is 5.91 Å². The van der Waals surface area contributed by atoms with E-state index in [-0.39, 0.29) is 12.5 Å². The smallest absolute Gasteiger partial charge is 0.220 e. The zero-order valence-electron chi connectivity index (χ0n) is 33.8. The molecule has 0 spiro atoms. The van der Waals surface area contributed by atoms with Crippen molar-refractivity contribution in [1.29, 1.82) is 0 Å². The lowest BCUT2D eigenvalue weighted by Gasteiger charge is -2.40. The van der Waals surface area contributed by atoms with Gasteiger partial charge >= 0.3 is 0 Å². The van der Waals surface area contributed by atoms with Crippen LogP contribution in [-0.4, -0.2) is 87.5 Å². The highest BCUT2D eigenvalue weighted by Gasteiger charge is 2.44. The Hall–Kier alpha value is -0.810. The van der Waals surface area contributed by atoms with Gasteiger partial charge in [0.25, 0.3) is 0 Å². The summed E-state index contributed by atoms with van der Waals surface area (Å²) in [6, 6.07) is -0.710. The fourth-order valence-electron chi connectivity index (χ4n) is 7.34. The van der Waals surface area contributed by atoms with Crippen molar-refractivity contribution in [1.82, 2.24) is 5.32 Å². The molecule has 0 saturated carbocycles. The molecule has 0 aromatic rings. The summed E-state index contributed by atoms with van der Waals surface area (Å²) in [6.45, 7) is 3.83. The predicted octanol–water partition coefficient (Wildman–Crippen LogP) is 8.78. The molecule has 9 heteroatoms. The maximum absolute atomic E-state index is 12.9. The Morgan fingerprint density at radius 3 is 1.37 bits per heavy atom. The first-order valence-electron chi connectivity index (χ1n) is 22.2. The van der Waals surface area contributed by atoms with Crippen molar-refractivity contribution in [3.8, 4) is 0 Å². The predicted molar refractivity (Wildman–Crippen MR) is 212 cm³/mol. The number of hydrogen-bond donors (Lipinski definition) is 6. The van der Waals surface area contributed by atoms with E-state index in [2.05, 4.69) is 19.2 Å². The molecule has 7 atom stereocenters. The number of unbranched alkanes of at least 4 members (excludes halogenated alkanes) is 27. The summed E-state index contributed by atoms with van der Waals surface area (Å²) >= 11 is 0. The Labute approximate surface area is 319 Å². The monoisotopic (exact) mass is 744 g/mol. The first-order chi connectivity index (χ1) is 25.3. The molecule has 0 aliphatic carbocycles. The number of carbonyl (C=O) groups excluding carboxylic acids is 1. The Kier molecular flexibility index (Phi) is 32.8. The number of amides is 1. The van der Waals surface area contributed by atoms with Crippen LogP contribution in [0.3, 0.4) is 0 Å². The van der Waals surface area contributed by atoms with E-state index in [1.54, 1.807) is 0 Å². The molecular weight excluding hydrogens is 658 g/mol. The van der Waals surface area contributed by atoms with Crippen LogP contribution in [0.1, 0.15) is 213 Å². The number of aliphatic hydroxyl groups is 5. The van der Waals surface area contributed by atoms with Gasteiger partial charge < -0.3 is 40.3 Å². The third-order valence-electron chi connectivity index (χ3n) is 11.0. The van der Waals surface area contributed by atoms with Gasteiger partial charge in [-0.1, -0.05) is 194 Å². The SMILES string of the molecule is CCCCCCCCCCCCCCCCCCCC(=O)N[C@@H](CO[C@H]1O[C@@H](CO)[C@H](O)C(O)C1O)[C@H](O)CCCCCCCCCCCCCC. The summed E-state index contributed by atoms with van der Waals surface area (Å²) in [5.74, 6) is -0.142. The van der Waals surface area contributed by atoms with E-state index in [1.165, 1.54) is 148 Å². The molecule has 0 radical (unpaired) electrons. The second kappa shape index (κ2) is 34.7. The Bertz CT molecular complexity index is 786. The molecule has 1 aliphatic heterocycles. The fourth-order valence-corrected chi connectivity index (χ4v) is 7.34. The van der Waals surface area contributed by atoms with E-state index >= 15 is 0 Å². The van der Waals surface area contributed by atoms with Gasteiger partial charge in [-0.25, -0.2) is 0 Å². The zero-order chi connectivity index (χ0) is 38.1. The Morgan fingerprint density at radius 1 is 0.577 bits per heavy atom. The minimum absolute atomic E-state index is 0.132. The van der Waals surface area contributed by atoms with Gasteiger partial charge in [0.2, 0.25) is 5.91 Å². The van der Waals surface area contributed by atoms with Crippen molar-refractivity contribution in [2.45, 2.75) is 256 Å². The number of hydrogen-bond acceptors (Lipinski definition) is 8. The summed E-state index contributed by atoms with van der Waals surface area (Å²) in [4.78, 5) is 12.9. The molecule has 1 amide bonds. The number of nitrogens with one attached hydrogen (secondary N) is 1. The first kappa shape index (κ1) is 49.2. The Balaban J connectivity index is 2.32. The molecule has 1 saturated heterocycles. The van der Waals surface area contributed by atoms with E-state index in [4.69, 9.17) is 9.47 Å². The van der Waals surface area contributed by atoms with Crippen molar-refractivity contribution in [2.75, 3.05) is 13.2 Å². The summed E-state index contributed by atoms with van der Waals surface area (Å²) < 4.78 is 11.2. The van der Waals surface area contributed by atoms with Gasteiger partial charge in [0.05, 0.1) is 25.4 Å². The van der Waals surface area contributed by atoms with Crippen LogP contribution in [-0.2, 0) is 14.3 Å². The third kappa shape index (κ3) is 25.3. The average molecular weight is 744 g/mol. The highest BCUT2D eigenvalue weighted by molar-refractivity contribution is 5.76. The molecule has 0 aromatic carbocycles. The lowest BCUT2D eigenvalue weighted by atomic mass is 9.99. The van der Waals surface area contributed by atoms with Gasteiger partial charge in [-0.3, -0.25) is 4.79 Å². The van der Waals surface area contributed by atoms with Gasteiger partial charge in [-0.05, 0) is 12.8 Å². The van der Waals surface area contributed by atoms with Crippen molar-refractivity contribution in [2.24, 2.45) is 0 Å². The van der Waals surface area contributed by atoms with Gasteiger partial charge in [0.15, 0.2) is 6.29 Å². The largest absolute Gasteiger partial charge is 0.394 e. The number of rotatable bonds is 37. The van der Waals surface area contributed by atoms with E-state index < -0.39 is 49.5 Å². The lowest BCUT2D eigenvalue weighted by molar-refractivity contribution is -0.302. The molecular formula is C43H85NO8. The molecule has 0 aromatic heterocycles.